The molecular weight excluding hydrogens is 650 g/mol. The van der Waals surface area contributed by atoms with Gasteiger partial charge in [-0.25, -0.2) is 0 Å². The molecule has 3 saturated heterocycles. The van der Waals surface area contributed by atoms with Crippen molar-refractivity contribution in [1.29, 1.82) is 0 Å². The summed E-state index contributed by atoms with van der Waals surface area (Å²) in [5.74, 6) is -4.63. The Morgan fingerprint density at radius 3 is 2.31 bits per heavy atom. The standard InChI is InChI=1S/C41H61NO9/c1-12-32-41(9)33(25(3)23-48-41)27(5)34(43)24(2)22-40(8,47-20-16-19-30-17-14-13-15-18-30)37(28(6)35(44)29(7)38(46)50-32)51-39-36(45)31(42(10)11)21-26(4)49-39/h13-19,24,26-29,31-33,36-37,39,45H,3,12,20-23H2,1-2,4-11H3/b19-16-/t24-,26-,27?,28+,29?,31+,32-,33+,36-,37-,39+,40-,41-/m1/s1. The first-order valence-corrected chi connectivity index (χ1v) is 18.6. The van der Waals surface area contributed by atoms with E-state index in [0.717, 1.165) is 11.1 Å². The third-order valence-electron chi connectivity index (χ3n) is 11.5. The number of carbonyl (C=O) groups excluding carboxylic acids is 3. The van der Waals surface area contributed by atoms with E-state index in [1.54, 1.807) is 13.8 Å². The van der Waals surface area contributed by atoms with Crippen LogP contribution in [0.5, 0.6) is 0 Å². The van der Waals surface area contributed by atoms with Gasteiger partial charge in [-0.2, -0.15) is 0 Å². The first kappa shape index (κ1) is 41.0. The SMILES string of the molecule is C=C1CO[C@]2(C)[C@@H](CC)OC(=O)C(C)C(=O)[C@H](C)[C@@H](O[C@@H]3O[C@H](C)C[C@H](N(C)C)[C@H]3O)[C@](C)(OC/C=C\c3ccccc3)C[C@@H](C)C(=O)C(C)[C@H]12. The maximum absolute atomic E-state index is 14.5. The van der Waals surface area contributed by atoms with E-state index in [2.05, 4.69) is 6.58 Å². The molecule has 10 heteroatoms. The molecule has 1 N–H and O–H groups in total. The molecule has 0 radical (unpaired) electrons. The van der Waals surface area contributed by atoms with Crippen LogP contribution >= 0.6 is 0 Å². The Labute approximate surface area is 304 Å². The second-order valence-corrected chi connectivity index (χ2v) is 15.7. The van der Waals surface area contributed by atoms with Crippen LogP contribution in [0.3, 0.4) is 0 Å². The van der Waals surface area contributed by atoms with Gasteiger partial charge in [-0.1, -0.05) is 76.8 Å². The molecule has 10 nitrogen and oxygen atoms in total. The van der Waals surface area contributed by atoms with Crippen molar-refractivity contribution < 1.29 is 43.2 Å². The lowest BCUT2D eigenvalue weighted by atomic mass is 9.69. The van der Waals surface area contributed by atoms with Crippen LogP contribution in [0.25, 0.3) is 6.08 Å². The fourth-order valence-corrected chi connectivity index (χ4v) is 8.64. The summed E-state index contributed by atoms with van der Waals surface area (Å²) in [7, 11) is 3.78. The van der Waals surface area contributed by atoms with Crippen LogP contribution in [-0.2, 0) is 38.1 Å². The molecule has 0 spiro atoms. The van der Waals surface area contributed by atoms with E-state index < -0.39 is 77.1 Å². The lowest BCUT2D eigenvalue weighted by molar-refractivity contribution is -0.296. The van der Waals surface area contributed by atoms with Gasteiger partial charge in [0.2, 0.25) is 0 Å². The molecule has 0 amide bonds. The molecule has 284 valence electrons. The van der Waals surface area contributed by atoms with Gasteiger partial charge in [-0.15, -0.1) is 0 Å². The predicted octanol–water partition coefficient (Wildman–Crippen LogP) is 5.66. The number of hydrogen-bond donors (Lipinski definition) is 1. The van der Waals surface area contributed by atoms with Crippen LogP contribution in [0.15, 0.2) is 48.6 Å². The number of ether oxygens (including phenoxy) is 5. The molecule has 0 bridgehead atoms. The van der Waals surface area contributed by atoms with Gasteiger partial charge in [0.25, 0.3) is 0 Å². The fraction of sp³-hybridized carbons (Fsp3) is 0.683. The number of aliphatic hydroxyl groups is 1. The zero-order chi connectivity index (χ0) is 37.8. The van der Waals surface area contributed by atoms with Crippen molar-refractivity contribution in [2.75, 3.05) is 27.3 Å². The molecule has 1 aromatic carbocycles. The molecule has 0 aliphatic carbocycles. The fourth-order valence-electron chi connectivity index (χ4n) is 8.64. The summed E-state index contributed by atoms with van der Waals surface area (Å²) in [6.45, 7) is 19.2. The van der Waals surface area contributed by atoms with E-state index in [4.69, 9.17) is 23.7 Å². The Morgan fingerprint density at radius 2 is 1.69 bits per heavy atom. The van der Waals surface area contributed by atoms with Gasteiger partial charge in [0.05, 0.1) is 31.0 Å². The smallest absolute Gasteiger partial charge is 0.316 e. The molecule has 1 aromatic rings. The maximum Gasteiger partial charge on any atom is 0.316 e. The molecule has 3 aliphatic rings. The molecular formula is C41H61NO9. The molecule has 2 unspecified atom stereocenters. The Morgan fingerprint density at radius 1 is 1.02 bits per heavy atom. The third-order valence-corrected chi connectivity index (χ3v) is 11.5. The molecule has 3 fully saturated rings. The van der Waals surface area contributed by atoms with E-state index in [1.807, 2.05) is 103 Å². The first-order valence-electron chi connectivity index (χ1n) is 18.6. The third kappa shape index (κ3) is 8.91. The summed E-state index contributed by atoms with van der Waals surface area (Å²) in [5, 5.41) is 11.5. The van der Waals surface area contributed by atoms with E-state index in [1.165, 1.54) is 0 Å². The molecule has 3 heterocycles. The van der Waals surface area contributed by atoms with Crippen LogP contribution in [0.2, 0.25) is 0 Å². The number of Topliss-reactive ketones (excluding diaryl/α,β-unsaturated/α-hetero) is 2. The Kier molecular flexibility index (Phi) is 13.6. The molecule has 0 aromatic heterocycles. The summed E-state index contributed by atoms with van der Waals surface area (Å²) in [6.07, 6.45) is 0.931. The number of aliphatic hydroxyl groups excluding tert-OH is 1. The first-order chi connectivity index (χ1) is 23.9. The quantitative estimate of drug-likeness (QED) is 0.206. The highest BCUT2D eigenvalue weighted by atomic mass is 16.7. The van der Waals surface area contributed by atoms with Crippen LogP contribution in [0.4, 0.5) is 0 Å². The summed E-state index contributed by atoms with van der Waals surface area (Å²) < 4.78 is 32.0. The Bertz CT molecular complexity index is 1410. The van der Waals surface area contributed by atoms with Gasteiger partial charge in [-0.05, 0) is 72.2 Å². The number of rotatable bonds is 8. The summed E-state index contributed by atoms with van der Waals surface area (Å²) in [5.41, 5.74) is -0.497. The number of likely N-dealkylation sites (N-methyl/N-ethyl adjacent to an activating group) is 1. The average molecular weight is 712 g/mol. The van der Waals surface area contributed by atoms with Crippen molar-refractivity contribution in [2.45, 2.75) is 123 Å². The van der Waals surface area contributed by atoms with Crippen molar-refractivity contribution in [3.63, 3.8) is 0 Å². The number of carbonyl (C=O) groups is 3. The topological polar surface area (TPSA) is 121 Å². The van der Waals surface area contributed by atoms with Crippen molar-refractivity contribution >= 4 is 23.6 Å². The molecule has 4 rings (SSSR count). The highest BCUT2D eigenvalue weighted by Gasteiger charge is 2.55. The normalized spacial score (nSPS) is 40.4. The van der Waals surface area contributed by atoms with Crippen LogP contribution < -0.4 is 0 Å². The van der Waals surface area contributed by atoms with Crippen molar-refractivity contribution in [2.24, 2.45) is 29.6 Å². The van der Waals surface area contributed by atoms with Crippen molar-refractivity contribution in [3.8, 4) is 0 Å². The molecule has 51 heavy (non-hydrogen) atoms. The van der Waals surface area contributed by atoms with E-state index in [0.29, 0.717) is 12.8 Å². The summed E-state index contributed by atoms with van der Waals surface area (Å²) >= 11 is 0. The second kappa shape index (κ2) is 16.9. The number of hydrogen-bond acceptors (Lipinski definition) is 10. The number of cyclic esters (lactones) is 1. The van der Waals surface area contributed by atoms with Crippen molar-refractivity contribution in [3.05, 3.63) is 54.1 Å². The minimum Gasteiger partial charge on any atom is -0.459 e. The zero-order valence-corrected chi connectivity index (χ0v) is 32.3. The number of nitrogens with zero attached hydrogens (tertiary/aromatic N) is 1. The predicted molar refractivity (Wildman–Crippen MR) is 196 cm³/mol. The minimum atomic E-state index is -1.26. The molecule has 3 aliphatic heterocycles. The van der Waals surface area contributed by atoms with Crippen LogP contribution in [0, 0.1) is 29.6 Å². The zero-order valence-electron chi connectivity index (χ0n) is 32.3. The number of fused-ring (bicyclic) bond motifs is 1. The average Bonchev–Trinajstić information content (AvgIpc) is 3.41. The second-order valence-electron chi connectivity index (χ2n) is 15.7. The van der Waals surface area contributed by atoms with Crippen molar-refractivity contribution in [1.82, 2.24) is 4.90 Å². The van der Waals surface area contributed by atoms with Gasteiger partial charge in [-0.3, -0.25) is 14.4 Å². The van der Waals surface area contributed by atoms with Crippen LogP contribution in [-0.4, -0.2) is 103 Å². The van der Waals surface area contributed by atoms with E-state index in [9.17, 15) is 19.5 Å². The lowest BCUT2D eigenvalue weighted by Gasteiger charge is -2.47. The number of esters is 1. The van der Waals surface area contributed by atoms with E-state index in [-0.39, 0.29) is 37.6 Å². The van der Waals surface area contributed by atoms with Gasteiger partial charge in [0.1, 0.15) is 29.5 Å². The van der Waals surface area contributed by atoms with Crippen LogP contribution in [0.1, 0.15) is 80.2 Å². The summed E-state index contributed by atoms with van der Waals surface area (Å²) in [6, 6.07) is 9.55. The lowest BCUT2D eigenvalue weighted by Crippen LogP contribution is -2.59. The minimum absolute atomic E-state index is 0.0212. The van der Waals surface area contributed by atoms with Gasteiger partial charge >= 0.3 is 5.97 Å². The van der Waals surface area contributed by atoms with E-state index >= 15 is 0 Å². The number of ketones is 2. The van der Waals surface area contributed by atoms with Gasteiger partial charge in [0.15, 0.2) is 12.1 Å². The Balaban J connectivity index is 1.81. The molecule has 13 atom stereocenters. The summed E-state index contributed by atoms with van der Waals surface area (Å²) in [4.78, 5) is 44.6. The van der Waals surface area contributed by atoms with Gasteiger partial charge in [0, 0.05) is 29.7 Å². The highest BCUT2D eigenvalue weighted by Crippen LogP contribution is 2.46. The Hall–Kier alpha value is -2.73. The number of benzene rings is 1. The highest BCUT2D eigenvalue weighted by molar-refractivity contribution is 6.00. The van der Waals surface area contributed by atoms with Gasteiger partial charge < -0.3 is 33.7 Å². The monoisotopic (exact) mass is 711 g/mol. The molecule has 0 saturated carbocycles. The maximum atomic E-state index is 14.5. The largest absolute Gasteiger partial charge is 0.459 e.